The number of fused-ring (bicyclic) bond motifs is 1. The van der Waals surface area contributed by atoms with Crippen molar-refractivity contribution in [3.8, 4) is 5.75 Å². The molecule has 0 spiro atoms. The Morgan fingerprint density at radius 2 is 1.92 bits per heavy atom. The average Bonchev–Trinajstić information content (AvgIpc) is 2.54. The number of benzene rings is 2. The first kappa shape index (κ1) is 17.2. The highest BCUT2D eigenvalue weighted by molar-refractivity contribution is 5.82. The van der Waals surface area contributed by atoms with E-state index in [-0.39, 0.29) is 11.6 Å². The van der Waals surface area contributed by atoms with Gasteiger partial charge in [-0.1, -0.05) is 19.1 Å². The van der Waals surface area contributed by atoms with E-state index in [4.69, 9.17) is 4.42 Å². The summed E-state index contributed by atoms with van der Waals surface area (Å²) in [6.45, 7) is 3.19. The molecule has 0 saturated heterocycles. The maximum Gasteiger partial charge on any atom is 0.336 e. The molecule has 0 saturated carbocycles. The molecule has 1 atom stereocenters. The summed E-state index contributed by atoms with van der Waals surface area (Å²) < 4.78 is 18.6. The maximum absolute atomic E-state index is 13.3. The minimum Gasteiger partial charge on any atom is -0.508 e. The lowest BCUT2D eigenvalue weighted by molar-refractivity contribution is -0.907. The predicted octanol–water partition coefficient (Wildman–Crippen LogP) is 2.42. The molecule has 5 heteroatoms. The first-order chi connectivity index (χ1) is 12.0. The van der Waals surface area contributed by atoms with Crippen LogP contribution in [0, 0.1) is 5.82 Å². The number of quaternary nitrogens is 1. The summed E-state index contributed by atoms with van der Waals surface area (Å²) in [6.07, 6.45) is 0.687. The third kappa shape index (κ3) is 3.88. The van der Waals surface area contributed by atoms with Crippen LogP contribution in [0.25, 0.3) is 11.0 Å². The minimum atomic E-state index is -0.440. The second-order valence-electron chi connectivity index (χ2n) is 6.36. The van der Waals surface area contributed by atoms with Gasteiger partial charge in [-0.2, -0.15) is 0 Å². The summed E-state index contributed by atoms with van der Waals surface area (Å²) in [4.78, 5) is 13.0. The van der Waals surface area contributed by atoms with Crippen LogP contribution in [0.2, 0.25) is 0 Å². The van der Waals surface area contributed by atoms with Crippen LogP contribution in [0.5, 0.6) is 5.75 Å². The first-order valence-electron chi connectivity index (χ1n) is 8.30. The van der Waals surface area contributed by atoms with Crippen molar-refractivity contribution in [2.75, 3.05) is 7.05 Å². The normalized spacial score (nSPS) is 12.4. The SMILES string of the molecule is CCc1cc2c(C[NH+](C)Cc3cccc(F)c3)cc(=O)oc2cc1O. The lowest BCUT2D eigenvalue weighted by Crippen LogP contribution is -3.06. The van der Waals surface area contributed by atoms with Crippen molar-refractivity contribution >= 4 is 11.0 Å². The molecule has 0 fully saturated rings. The van der Waals surface area contributed by atoms with Gasteiger partial charge in [-0.15, -0.1) is 0 Å². The molecule has 25 heavy (non-hydrogen) atoms. The van der Waals surface area contributed by atoms with Gasteiger partial charge in [-0.3, -0.25) is 0 Å². The van der Waals surface area contributed by atoms with E-state index >= 15 is 0 Å². The number of hydrogen-bond donors (Lipinski definition) is 2. The fourth-order valence-electron chi connectivity index (χ4n) is 3.12. The largest absolute Gasteiger partial charge is 0.508 e. The van der Waals surface area contributed by atoms with Gasteiger partial charge in [0.2, 0.25) is 0 Å². The summed E-state index contributed by atoms with van der Waals surface area (Å²) in [5.41, 5.74) is 2.51. The second kappa shape index (κ2) is 7.07. The molecule has 0 bridgehead atoms. The number of phenols is 1. The summed E-state index contributed by atoms with van der Waals surface area (Å²) in [7, 11) is 1.99. The Hall–Kier alpha value is -2.66. The van der Waals surface area contributed by atoms with Gasteiger partial charge in [0.15, 0.2) is 0 Å². The summed E-state index contributed by atoms with van der Waals surface area (Å²) in [5, 5.41) is 10.8. The zero-order valence-corrected chi connectivity index (χ0v) is 14.3. The molecule has 0 aliphatic rings. The Bertz CT molecular complexity index is 965. The molecule has 0 amide bonds. The molecule has 130 valence electrons. The number of aromatic hydroxyl groups is 1. The molecule has 0 aliphatic heterocycles. The van der Waals surface area contributed by atoms with Gasteiger partial charge in [-0.25, -0.2) is 9.18 Å². The molecule has 3 aromatic rings. The molecule has 1 unspecified atom stereocenters. The first-order valence-corrected chi connectivity index (χ1v) is 8.30. The molecule has 1 aromatic heterocycles. The van der Waals surface area contributed by atoms with Crippen molar-refractivity contribution in [3.63, 3.8) is 0 Å². The van der Waals surface area contributed by atoms with Crippen LogP contribution in [0.1, 0.15) is 23.6 Å². The van der Waals surface area contributed by atoms with Gasteiger partial charge in [-0.05, 0) is 30.2 Å². The molecule has 1 heterocycles. The van der Waals surface area contributed by atoms with Crippen LogP contribution in [0.15, 0.2) is 51.7 Å². The summed E-state index contributed by atoms with van der Waals surface area (Å²) >= 11 is 0. The third-order valence-electron chi connectivity index (χ3n) is 4.30. The van der Waals surface area contributed by atoms with Crippen LogP contribution in [-0.2, 0) is 19.5 Å². The van der Waals surface area contributed by atoms with E-state index in [1.807, 2.05) is 26.1 Å². The zero-order chi connectivity index (χ0) is 18.0. The highest BCUT2D eigenvalue weighted by Gasteiger charge is 2.14. The highest BCUT2D eigenvalue weighted by atomic mass is 19.1. The molecule has 0 radical (unpaired) electrons. The monoisotopic (exact) mass is 342 g/mol. The van der Waals surface area contributed by atoms with E-state index in [1.54, 1.807) is 6.07 Å². The highest BCUT2D eigenvalue weighted by Crippen LogP contribution is 2.26. The smallest absolute Gasteiger partial charge is 0.336 e. The molecule has 3 rings (SSSR count). The number of phenolic OH excluding ortho intramolecular Hbond substituents is 1. The number of aryl methyl sites for hydroxylation is 1. The topological polar surface area (TPSA) is 54.9 Å². The van der Waals surface area contributed by atoms with Gasteiger partial charge >= 0.3 is 5.63 Å². The molecule has 2 N–H and O–H groups in total. The van der Waals surface area contributed by atoms with Crippen LogP contribution in [-0.4, -0.2) is 12.2 Å². The lowest BCUT2D eigenvalue weighted by atomic mass is 10.0. The number of rotatable bonds is 5. The van der Waals surface area contributed by atoms with E-state index in [1.165, 1.54) is 24.3 Å². The van der Waals surface area contributed by atoms with E-state index in [0.717, 1.165) is 27.0 Å². The number of halogens is 1. The van der Waals surface area contributed by atoms with Crippen LogP contribution < -0.4 is 10.5 Å². The fraction of sp³-hybridized carbons (Fsp3) is 0.250. The quantitative estimate of drug-likeness (QED) is 0.700. The second-order valence-corrected chi connectivity index (χ2v) is 6.36. The summed E-state index contributed by atoms with van der Waals surface area (Å²) in [6, 6.07) is 11.4. The van der Waals surface area contributed by atoms with Crippen molar-refractivity contribution in [3.05, 3.63) is 75.4 Å². The van der Waals surface area contributed by atoms with Crippen molar-refractivity contribution in [1.29, 1.82) is 0 Å². The van der Waals surface area contributed by atoms with Crippen molar-refractivity contribution in [2.45, 2.75) is 26.4 Å². The molecule has 0 aliphatic carbocycles. The van der Waals surface area contributed by atoms with Crippen molar-refractivity contribution in [1.82, 2.24) is 0 Å². The maximum atomic E-state index is 13.3. The van der Waals surface area contributed by atoms with Gasteiger partial charge in [0.25, 0.3) is 0 Å². The Labute approximate surface area is 145 Å². The van der Waals surface area contributed by atoms with Gasteiger partial charge < -0.3 is 14.4 Å². The molecule has 4 nitrogen and oxygen atoms in total. The number of nitrogens with one attached hydrogen (secondary N) is 1. The Morgan fingerprint density at radius 1 is 1.12 bits per heavy atom. The van der Waals surface area contributed by atoms with Crippen LogP contribution in [0.3, 0.4) is 0 Å². The lowest BCUT2D eigenvalue weighted by Gasteiger charge is -2.15. The third-order valence-corrected chi connectivity index (χ3v) is 4.30. The van der Waals surface area contributed by atoms with Gasteiger partial charge in [0, 0.05) is 28.6 Å². The van der Waals surface area contributed by atoms with Crippen molar-refractivity contribution in [2.24, 2.45) is 0 Å². The Morgan fingerprint density at radius 3 is 2.64 bits per heavy atom. The van der Waals surface area contributed by atoms with E-state index in [9.17, 15) is 14.3 Å². The van der Waals surface area contributed by atoms with Crippen LogP contribution >= 0.6 is 0 Å². The Balaban J connectivity index is 1.93. The standard InChI is InChI=1S/C20H20FNO3/c1-3-14-8-17-15(9-20(24)25-19(17)10-18(14)23)12-22(2)11-13-5-4-6-16(21)7-13/h4-10,23H,3,11-12H2,1-2H3/p+1. The Kier molecular flexibility index (Phi) is 4.86. The fourth-order valence-corrected chi connectivity index (χ4v) is 3.12. The minimum absolute atomic E-state index is 0.135. The van der Waals surface area contributed by atoms with E-state index in [0.29, 0.717) is 25.1 Å². The van der Waals surface area contributed by atoms with Crippen LogP contribution in [0.4, 0.5) is 4.39 Å². The zero-order valence-electron chi connectivity index (χ0n) is 14.3. The molecular weight excluding hydrogens is 321 g/mol. The summed E-state index contributed by atoms with van der Waals surface area (Å²) in [5.74, 6) is -0.116. The van der Waals surface area contributed by atoms with E-state index in [2.05, 4.69) is 0 Å². The average molecular weight is 342 g/mol. The van der Waals surface area contributed by atoms with Crippen molar-refractivity contribution < 1.29 is 18.8 Å². The van der Waals surface area contributed by atoms with Gasteiger partial charge in [0.05, 0.1) is 7.05 Å². The molecular formula is C20H21FNO3+. The molecule has 2 aromatic carbocycles. The predicted molar refractivity (Wildman–Crippen MR) is 94.2 cm³/mol. The van der Waals surface area contributed by atoms with E-state index < -0.39 is 5.63 Å². The number of hydrogen-bond acceptors (Lipinski definition) is 3. The van der Waals surface area contributed by atoms with Gasteiger partial charge in [0.1, 0.15) is 30.2 Å².